The second-order valence-corrected chi connectivity index (χ2v) is 3.93. The van der Waals surface area contributed by atoms with Gasteiger partial charge in [-0.1, -0.05) is 36.3 Å². The first-order valence-electron chi connectivity index (χ1n) is 5.78. The first-order chi connectivity index (χ1) is 9.22. The molecule has 0 unspecified atom stereocenters. The van der Waals surface area contributed by atoms with Gasteiger partial charge in [0.15, 0.2) is 0 Å². The van der Waals surface area contributed by atoms with Crippen LogP contribution in [0.1, 0.15) is 5.56 Å². The normalized spacial score (nSPS) is 10.5. The van der Waals surface area contributed by atoms with E-state index in [0.717, 1.165) is 16.3 Å². The third-order valence-corrected chi connectivity index (χ3v) is 2.66. The maximum atomic E-state index is 10.9. The van der Waals surface area contributed by atoms with Crippen molar-refractivity contribution < 1.29 is 9.53 Å². The van der Waals surface area contributed by atoms with Gasteiger partial charge in [-0.25, -0.2) is 0 Å². The minimum atomic E-state index is -0.504. The highest BCUT2D eigenvalue weighted by atomic mass is 16.5. The van der Waals surface area contributed by atoms with Crippen LogP contribution in [-0.2, 0) is 4.79 Å². The molecule has 2 aromatic rings. The summed E-state index contributed by atoms with van der Waals surface area (Å²) < 4.78 is 5.49. The standard InChI is InChI=1S/C16H13NO2/c1-2-11-19-15-9-7-12-5-3-4-6-13(12)14(15)8-10-16(17)18/h1,3-10H,11H2,(H2,17,18)/b10-8+. The number of primary amides is 1. The zero-order valence-corrected chi connectivity index (χ0v) is 10.3. The Morgan fingerprint density at radius 2 is 2.11 bits per heavy atom. The first-order valence-corrected chi connectivity index (χ1v) is 5.78. The predicted molar refractivity (Wildman–Crippen MR) is 76.5 cm³/mol. The fourth-order valence-electron chi connectivity index (χ4n) is 1.86. The van der Waals surface area contributed by atoms with Gasteiger partial charge in [0.25, 0.3) is 0 Å². The van der Waals surface area contributed by atoms with Crippen molar-refractivity contribution >= 4 is 22.8 Å². The van der Waals surface area contributed by atoms with E-state index in [2.05, 4.69) is 5.92 Å². The van der Waals surface area contributed by atoms with E-state index < -0.39 is 5.91 Å². The summed E-state index contributed by atoms with van der Waals surface area (Å²) in [4.78, 5) is 10.9. The number of fused-ring (bicyclic) bond motifs is 1. The molecular formula is C16H13NO2. The Balaban J connectivity index is 2.58. The maximum Gasteiger partial charge on any atom is 0.241 e. The van der Waals surface area contributed by atoms with Crippen LogP contribution in [0.4, 0.5) is 0 Å². The fraction of sp³-hybridized carbons (Fsp3) is 0.0625. The molecule has 0 bridgehead atoms. The van der Waals surface area contributed by atoms with Crippen molar-refractivity contribution in [2.24, 2.45) is 5.73 Å². The fourth-order valence-corrected chi connectivity index (χ4v) is 1.86. The molecule has 0 radical (unpaired) electrons. The number of carbonyl (C=O) groups excluding carboxylic acids is 1. The average molecular weight is 251 g/mol. The van der Waals surface area contributed by atoms with Crippen LogP contribution in [-0.4, -0.2) is 12.5 Å². The lowest BCUT2D eigenvalue weighted by Crippen LogP contribution is -2.05. The summed E-state index contributed by atoms with van der Waals surface area (Å²) in [5.41, 5.74) is 5.93. The summed E-state index contributed by atoms with van der Waals surface area (Å²) in [5.74, 6) is 2.55. The Labute approximate surface area is 111 Å². The van der Waals surface area contributed by atoms with Crippen LogP contribution < -0.4 is 10.5 Å². The van der Waals surface area contributed by atoms with E-state index in [9.17, 15) is 4.79 Å². The molecule has 0 fully saturated rings. The molecule has 0 heterocycles. The van der Waals surface area contributed by atoms with E-state index in [1.807, 2.05) is 36.4 Å². The second-order valence-electron chi connectivity index (χ2n) is 3.93. The molecule has 2 N–H and O–H groups in total. The summed E-state index contributed by atoms with van der Waals surface area (Å²) >= 11 is 0. The number of benzene rings is 2. The Kier molecular flexibility index (Phi) is 3.84. The van der Waals surface area contributed by atoms with Gasteiger partial charge in [-0.05, 0) is 22.9 Å². The molecule has 0 spiro atoms. The number of terminal acetylenes is 1. The number of rotatable bonds is 4. The smallest absolute Gasteiger partial charge is 0.241 e. The van der Waals surface area contributed by atoms with E-state index in [4.69, 9.17) is 16.9 Å². The molecule has 3 nitrogen and oxygen atoms in total. The van der Waals surface area contributed by atoms with Crippen molar-refractivity contribution in [2.45, 2.75) is 0 Å². The number of ether oxygens (including phenoxy) is 1. The molecule has 0 saturated heterocycles. The Morgan fingerprint density at radius 3 is 2.84 bits per heavy atom. The van der Waals surface area contributed by atoms with Gasteiger partial charge in [0.05, 0.1) is 0 Å². The molecule has 3 heteroatoms. The highest BCUT2D eigenvalue weighted by Gasteiger charge is 2.06. The minimum Gasteiger partial charge on any atom is -0.480 e. The van der Waals surface area contributed by atoms with Crippen molar-refractivity contribution in [2.75, 3.05) is 6.61 Å². The van der Waals surface area contributed by atoms with Gasteiger partial charge in [0.1, 0.15) is 12.4 Å². The number of carbonyl (C=O) groups is 1. The van der Waals surface area contributed by atoms with E-state index in [1.54, 1.807) is 6.08 Å². The highest BCUT2D eigenvalue weighted by Crippen LogP contribution is 2.29. The van der Waals surface area contributed by atoms with E-state index in [0.29, 0.717) is 5.75 Å². The molecule has 1 amide bonds. The summed E-state index contributed by atoms with van der Waals surface area (Å²) in [6, 6.07) is 11.6. The van der Waals surface area contributed by atoms with Crippen molar-refractivity contribution in [3.63, 3.8) is 0 Å². The van der Waals surface area contributed by atoms with Crippen LogP contribution in [0.2, 0.25) is 0 Å². The largest absolute Gasteiger partial charge is 0.480 e. The molecule has 0 saturated carbocycles. The van der Waals surface area contributed by atoms with Gasteiger partial charge < -0.3 is 10.5 Å². The molecule has 0 aromatic heterocycles. The van der Waals surface area contributed by atoms with Crippen LogP contribution in [0.25, 0.3) is 16.8 Å². The number of hydrogen-bond donors (Lipinski definition) is 1. The van der Waals surface area contributed by atoms with Gasteiger partial charge in [-0.15, -0.1) is 6.42 Å². The summed E-state index contributed by atoms with van der Waals surface area (Å²) in [6.45, 7) is 0.176. The lowest BCUT2D eigenvalue weighted by Gasteiger charge is -2.10. The number of amides is 1. The third kappa shape index (κ3) is 2.93. The lowest BCUT2D eigenvalue weighted by molar-refractivity contribution is -0.113. The third-order valence-electron chi connectivity index (χ3n) is 2.66. The molecule has 0 aliphatic heterocycles. The molecule has 0 aliphatic carbocycles. The van der Waals surface area contributed by atoms with Crippen LogP contribution in [0.5, 0.6) is 5.75 Å². The zero-order valence-electron chi connectivity index (χ0n) is 10.3. The van der Waals surface area contributed by atoms with E-state index in [-0.39, 0.29) is 6.61 Å². The Hall–Kier alpha value is -2.73. The second kappa shape index (κ2) is 5.74. The molecule has 94 valence electrons. The van der Waals surface area contributed by atoms with Gasteiger partial charge in [-0.2, -0.15) is 0 Å². The molecule has 2 rings (SSSR count). The summed E-state index contributed by atoms with van der Waals surface area (Å²) in [7, 11) is 0. The Morgan fingerprint density at radius 1 is 1.32 bits per heavy atom. The van der Waals surface area contributed by atoms with Crippen LogP contribution >= 0.6 is 0 Å². The van der Waals surface area contributed by atoms with Gasteiger partial charge in [0, 0.05) is 11.6 Å². The monoisotopic (exact) mass is 251 g/mol. The van der Waals surface area contributed by atoms with Gasteiger partial charge in [0.2, 0.25) is 5.91 Å². The van der Waals surface area contributed by atoms with Crippen molar-refractivity contribution in [1.82, 2.24) is 0 Å². The molecular weight excluding hydrogens is 238 g/mol. The summed E-state index contributed by atoms with van der Waals surface area (Å²) in [5, 5.41) is 2.04. The molecule has 2 aromatic carbocycles. The molecule has 0 atom stereocenters. The van der Waals surface area contributed by atoms with Gasteiger partial charge in [-0.3, -0.25) is 4.79 Å². The predicted octanol–water partition coefficient (Wildman–Crippen LogP) is 2.35. The van der Waals surface area contributed by atoms with Crippen molar-refractivity contribution in [1.29, 1.82) is 0 Å². The number of hydrogen-bond acceptors (Lipinski definition) is 2. The first kappa shape index (κ1) is 12.7. The minimum absolute atomic E-state index is 0.176. The SMILES string of the molecule is C#CCOc1ccc2ccccc2c1/C=C/C(N)=O. The van der Waals surface area contributed by atoms with E-state index >= 15 is 0 Å². The average Bonchev–Trinajstić information content (AvgIpc) is 2.42. The van der Waals surface area contributed by atoms with Gasteiger partial charge >= 0.3 is 0 Å². The zero-order chi connectivity index (χ0) is 13.7. The molecule has 19 heavy (non-hydrogen) atoms. The van der Waals surface area contributed by atoms with Crippen LogP contribution in [0.15, 0.2) is 42.5 Å². The summed E-state index contributed by atoms with van der Waals surface area (Å²) in [6.07, 6.45) is 8.15. The lowest BCUT2D eigenvalue weighted by atomic mass is 10.0. The Bertz CT molecular complexity index is 681. The van der Waals surface area contributed by atoms with E-state index in [1.165, 1.54) is 6.08 Å². The van der Waals surface area contributed by atoms with Crippen molar-refractivity contribution in [3.8, 4) is 18.1 Å². The number of nitrogens with two attached hydrogens (primary N) is 1. The maximum absolute atomic E-state index is 10.9. The van der Waals surface area contributed by atoms with Crippen LogP contribution in [0.3, 0.4) is 0 Å². The quantitative estimate of drug-likeness (QED) is 0.670. The van der Waals surface area contributed by atoms with Crippen molar-refractivity contribution in [3.05, 3.63) is 48.0 Å². The molecule has 0 aliphatic rings. The van der Waals surface area contributed by atoms with Crippen LogP contribution in [0, 0.1) is 12.3 Å². The topological polar surface area (TPSA) is 52.3 Å². The highest BCUT2D eigenvalue weighted by molar-refractivity contribution is 5.97.